The Morgan fingerprint density at radius 3 is 2.20 bits per heavy atom. The SMILES string of the molecule is CC(C)(C)NC(=O)[C@@H](Cc1ccccc1)N(Cc1cccc(Br)c1)C(=O)Cc1ccc(Cl)c(Cl)c1. The van der Waals surface area contributed by atoms with Crippen molar-refractivity contribution in [2.45, 2.75) is 51.7 Å². The van der Waals surface area contributed by atoms with E-state index in [2.05, 4.69) is 21.2 Å². The molecule has 0 heterocycles. The van der Waals surface area contributed by atoms with Crippen LogP contribution in [0.1, 0.15) is 37.5 Å². The molecule has 3 aromatic carbocycles. The van der Waals surface area contributed by atoms with Crippen LogP contribution in [0.5, 0.6) is 0 Å². The maximum Gasteiger partial charge on any atom is 0.243 e. The van der Waals surface area contributed by atoms with Crippen LogP contribution in [0.3, 0.4) is 0 Å². The van der Waals surface area contributed by atoms with Gasteiger partial charge >= 0.3 is 0 Å². The summed E-state index contributed by atoms with van der Waals surface area (Å²) >= 11 is 15.8. The van der Waals surface area contributed by atoms with Crippen molar-refractivity contribution in [2.24, 2.45) is 0 Å². The summed E-state index contributed by atoms with van der Waals surface area (Å²) in [6.45, 7) is 6.08. The summed E-state index contributed by atoms with van der Waals surface area (Å²) in [6.07, 6.45) is 0.489. The monoisotopic (exact) mass is 574 g/mol. The highest BCUT2D eigenvalue weighted by atomic mass is 79.9. The smallest absolute Gasteiger partial charge is 0.243 e. The first-order valence-electron chi connectivity index (χ1n) is 11.4. The Morgan fingerprint density at radius 2 is 1.57 bits per heavy atom. The Balaban J connectivity index is 2.00. The molecular weight excluding hydrogens is 547 g/mol. The minimum absolute atomic E-state index is 0.0962. The predicted octanol–water partition coefficient (Wildman–Crippen LogP) is 6.85. The van der Waals surface area contributed by atoms with Crippen molar-refractivity contribution in [3.05, 3.63) is 104 Å². The highest BCUT2D eigenvalue weighted by Gasteiger charge is 2.32. The van der Waals surface area contributed by atoms with Gasteiger partial charge in [-0.3, -0.25) is 9.59 Å². The minimum atomic E-state index is -0.703. The van der Waals surface area contributed by atoms with E-state index in [1.165, 1.54) is 0 Å². The normalized spacial score (nSPS) is 12.2. The third-order valence-electron chi connectivity index (χ3n) is 5.35. The number of hydrogen-bond donors (Lipinski definition) is 1. The molecule has 0 spiro atoms. The number of carbonyl (C=O) groups is 2. The number of nitrogens with zero attached hydrogens (tertiary/aromatic N) is 1. The lowest BCUT2D eigenvalue weighted by Crippen LogP contribution is -2.54. The van der Waals surface area contributed by atoms with E-state index >= 15 is 0 Å². The molecule has 0 aromatic heterocycles. The largest absolute Gasteiger partial charge is 0.350 e. The fourth-order valence-corrected chi connectivity index (χ4v) is 4.53. The van der Waals surface area contributed by atoms with Crippen LogP contribution in [0.4, 0.5) is 0 Å². The molecule has 0 bridgehead atoms. The Hall–Kier alpha value is -2.34. The van der Waals surface area contributed by atoms with Gasteiger partial charge < -0.3 is 10.2 Å². The van der Waals surface area contributed by atoms with Gasteiger partial charge in [-0.05, 0) is 61.7 Å². The first kappa shape index (κ1) is 27.3. The zero-order chi connectivity index (χ0) is 25.6. The van der Waals surface area contributed by atoms with Gasteiger partial charge in [0.15, 0.2) is 0 Å². The second-order valence-electron chi connectivity index (χ2n) is 9.52. The van der Waals surface area contributed by atoms with Gasteiger partial charge in [-0.2, -0.15) is 0 Å². The van der Waals surface area contributed by atoms with Crippen molar-refractivity contribution >= 4 is 50.9 Å². The highest BCUT2D eigenvalue weighted by Crippen LogP contribution is 2.24. The molecule has 184 valence electrons. The molecule has 0 fully saturated rings. The van der Waals surface area contributed by atoms with Crippen LogP contribution >= 0.6 is 39.1 Å². The summed E-state index contributed by atoms with van der Waals surface area (Å²) in [6, 6.07) is 22.0. The van der Waals surface area contributed by atoms with Gasteiger partial charge in [0.2, 0.25) is 11.8 Å². The molecule has 1 atom stereocenters. The summed E-state index contributed by atoms with van der Waals surface area (Å²) in [7, 11) is 0. The van der Waals surface area contributed by atoms with E-state index in [0.29, 0.717) is 16.5 Å². The number of hydrogen-bond acceptors (Lipinski definition) is 2. The van der Waals surface area contributed by atoms with E-state index in [4.69, 9.17) is 23.2 Å². The molecule has 3 rings (SSSR count). The standard InChI is InChI=1S/C28H29BrCl2N2O2/c1-28(2,3)32-27(35)25(16-19-8-5-4-6-9-19)33(18-21-10-7-11-22(29)14-21)26(34)17-20-12-13-23(30)24(31)15-20/h4-15,25H,16-18H2,1-3H3,(H,32,35)/t25-/m1/s1. The van der Waals surface area contributed by atoms with Crippen molar-refractivity contribution < 1.29 is 9.59 Å². The maximum absolute atomic E-state index is 13.8. The van der Waals surface area contributed by atoms with E-state index in [0.717, 1.165) is 21.2 Å². The van der Waals surface area contributed by atoms with E-state index in [1.54, 1.807) is 23.1 Å². The Labute approximate surface area is 225 Å². The summed E-state index contributed by atoms with van der Waals surface area (Å²) in [5.41, 5.74) is 2.19. The first-order valence-corrected chi connectivity index (χ1v) is 12.9. The van der Waals surface area contributed by atoms with Gasteiger partial charge in [-0.25, -0.2) is 0 Å². The number of benzene rings is 3. The third kappa shape index (κ3) is 8.38. The number of carbonyl (C=O) groups excluding carboxylic acids is 2. The van der Waals surface area contributed by atoms with E-state index in [-0.39, 0.29) is 24.8 Å². The first-order chi connectivity index (χ1) is 16.5. The second-order valence-corrected chi connectivity index (χ2v) is 11.3. The summed E-state index contributed by atoms with van der Waals surface area (Å²) < 4.78 is 0.908. The molecule has 0 aliphatic heterocycles. The summed E-state index contributed by atoms with van der Waals surface area (Å²) in [5, 5.41) is 3.89. The topological polar surface area (TPSA) is 49.4 Å². The molecule has 0 saturated carbocycles. The van der Waals surface area contributed by atoms with Gasteiger partial charge in [-0.1, -0.05) is 87.7 Å². The fourth-order valence-electron chi connectivity index (χ4n) is 3.76. The lowest BCUT2D eigenvalue weighted by atomic mass is 10.00. The van der Waals surface area contributed by atoms with Crippen LogP contribution in [0.25, 0.3) is 0 Å². The predicted molar refractivity (Wildman–Crippen MR) is 147 cm³/mol. The van der Waals surface area contributed by atoms with E-state index in [1.807, 2.05) is 75.4 Å². The highest BCUT2D eigenvalue weighted by molar-refractivity contribution is 9.10. The van der Waals surface area contributed by atoms with Crippen LogP contribution in [-0.2, 0) is 29.0 Å². The molecule has 2 amide bonds. The van der Waals surface area contributed by atoms with Crippen LogP contribution in [0.2, 0.25) is 10.0 Å². The summed E-state index contributed by atoms with van der Waals surface area (Å²) in [5.74, 6) is -0.368. The van der Waals surface area contributed by atoms with Crippen molar-refractivity contribution in [3.8, 4) is 0 Å². The molecule has 0 aliphatic carbocycles. The van der Waals surface area contributed by atoms with Crippen molar-refractivity contribution in [2.75, 3.05) is 0 Å². The molecule has 1 N–H and O–H groups in total. The van der Waals surface area contributed by atoms with E-state index in [9.17, 15) is 9.59 Å². The van der Waals surface area contributed by atoms with Gasteiger partial charge in [0, 0.05) is 23.0 Å². The van der Waals surface area contributed by atoms with Crippen LogP contribution in [0.15, 0.2) is 77.3 Å². The molecule has 0 unspecified atom stereocenters. The van der Waals surface area contributed by atoms with Crippen molar-refractivity contribution in [1.82, 2.24) is 10.2 Å². The molecule has 7 heteroatoms. The zero-order valence-electron chi connectivity index (χ0n) is 20.0. The average molecular weight is 576 g/mol. The van der Waals surface area contributed by atoms with Crippen LogP contribution in [0, 0.1) is 0 Å². The van der Waals surface area contributed by atoms with E-state index < -0.39 is 11.6 Å². The van der Waals surface area contributed by atoms with Gasteiger partial charge in [-0.15, -0.1) is 0 Å². The lowest BCUT2D eigenvalue weighted by Gasteiger charge is -2.34. The van der Waals surface area contributed by atoms with Crippen LogP contribution in [-0.4, -0.2) is 28.3 Å². The molecule has 35 heavy (non-hydrogen) atoms. The Bertz CT molecular complexity index is 1180. The van der Waals surface area contributed by atoms with Crippen molar-refractivity contribution in [1.29, 1.82) is 0 Å². The second kappa shape index (κ2) is 12.1. The van der Waals surface area contributed by atoms with Crippen LogP contribution < -0.4 is 5.32 Å². The van der Waals surface area contributed by atoms with Gasteiger partial charge in [0.25, 0.3) is 0 Å². The van der Waals surface area contributed by atoms with Gasteiger partial charge in [0.1, 0.15) is 6.04 Å². The molecule has 0 aliphatic rings. The molecule has 3 aromatic rings. The summed E-state index contributed by atoms with van der Waals surface area (Å²) in [4.78, 5) is 29.0. The van der Waals surface area contributed by atoms with Crippen molar-refractivity contribution in [3.63, 3.8) is 0 Å². The number of nitrogens with one attached hydrogen (secondary N) is 1. The molecular formula is C28H29BrCl2N2O2. The maximum atomic E-state index is 13.8. The Kier molecular flexibility index (Phi) is 9.40. The lowest BCUT2D eigenvalue weighted by molar-refractivity contribution is -0.141. The quantitative estimate of drug-likeness (QED) is 0.319. The fraction of sp³-hybridized carbons (Fsp3) is 0.286. The molecule has 0 saturated heterocycles. The van der Waals surface area contributed by atoms with Gasteiger partial charge in [0.05, 0.1) is 16.5 Å². The zero-order valence-corrected chi connectivity index (χ0v) is 23.1. The third-order valence-corrected chi connectivity index (χ3v) is 6.58. The number of halogens is 3. The Morgan fingerprint density at radius 1 is 0.886 bits per heavy atom. The molecule has 4 nitrogen and oxygen atoms in total. The minimum Gasteiger partial charge on any atom is -0.350 e. The number of rotatable bonds is 8. The average Bonchev–Trinajstić information content (AvgIpc) is 2.78. The number of amides is 2. The molecule has 0 radical (unpaired) electrons.